The van der Waals surface area contributed by atoms with Crippen molar-refractivity contribution in [1.29, 1.82) is 0 Å². The van der Waals surface area contributed by atoms with Crippen LogP contribution in [-0.4, -0.2) is 73.1 Å². The fraction of sp³-hybridized carbons (Fsp3) is 1.00. The molecule has 0 aromatic carbocycles. The van der Waals surface area contributed by atoms with Crippen LogP contribution in [-0.2, 0) is 0 Å². The molecule has 0 aromatic heterocycles. The lowest BCUT2D eigenvalue weighted by atomic mass is 9.96. The highest BCUT2D eigenvalue weighted by atomic mass is 15.3. The summed E-state index contributed by atoms with van der Waals surface area (Å²) in [4.78, 5) is 7.82. The monoisotopic (exact) mass is 283 g/mol. The molecule has 2 aliphatic heterocycles. The molecule has 0 saturated carbocycles. The summed E-state index contributed by atoms with van der Waals surface area (Å²) in [7, 11) is 2.25. The zero-order valence-corrected chi connectivity index (χ0v) is 14.7. The summed E-state index contributed by atoms with van der Waals surface area (Å²) >= 11 is 0. The van der Waals surface area contributed by atoms with Crippen molar-refractivity contribution in [2.75, 3.05) is 46.3 Å². The van der Waals surface area contributed by atoms with Gasteiger partial charge in [0.2, 0.25) is 0 Å². The molecule has 0 aromatic rings. The van der Waals surface area contributed by atoms with E-state index < -0.39 is 0 Å². The van der Waals surface area contributed by atoms with Gasteiger partial charge in [0.1, 0.15) is 0 Å². The minimum atomic E-state index is 0.700. The van der Waals surface area contributed by atoms with Crippen molar-refractivity contribution < 1.29 is 0 Å². The quantitative estimate of drug-likeness (QED) is 0.788. The van der Waals surface area contributed by atoms with Crippen molar-refractivity contribution in [3.8, 4) is 0 Å². The molecule has 2 aliphatic rings. The molecule has 2 fully saturated rings. The van der Waals surface area contributed by atoms with Crippen LogP contribution in [0.2, 0.25) is 0 Å². The van der Waals surface area contributed by atoms with Gasteiger partial charge >= 0.3 is 0 Å². The second kappa shape index (κ2) is 9.01. The molecule has 0 aliphatic carbocycles. The highest BCUT2D eigenvalue weighted by molar-refractivity contribution is 4.83. The molecule has 20 heavy (non-hydrogen) atoms. The summed E-state index contributed by atoms with van der Waals surface area (Å²) in [6.45, 7) is 18.8. The summed E-state index contributed by atoms with van der Waals surface area (Å²) in [6.07, 6.45) is 2.80. The van der Waals surface area contributed by atoms with Gasteiger partial charge in [0.05, 0.1) is 0 Å². The number of rotatable bonds is 3. The van der Waals surface area contributed by atoms with E-state index in [0.29, 0.717) is 6.04 Å². The molecule has 120 valence electrons. The summed E-state index contributed by atoms with van der Waals surface area (Å²) in [6, 6.07) is 1.43. The van der Waals surface area contributed by atoms with Gasteiger partial charge in [0.25, 0.3) is 0 Å². The van der Waals surface area contributed by atoms with Crippen molar-refractivity contribution in [1.82, 2.24) is 14.7 Å². The van der Waals surface area contributed by atoms with E-state index in [0.717, 1.165) is 12.0 Å². The number of hydrogen-bond acceptors (Lipinski definition) is 3. The first kappa shape index (κ1) is 17.9. The topological polar surface area (TPSA) is 9.72 Å². The molecule has 0 amide bonds. The fourth-order valence-electron chi connectivity index (χ4n) is 3.59. The first-order valence-electron chi connectivity index (χ1n) is 8.73. The number of nitrogens with zero attached hydrogens (tertiary/aromatic N) is 3. The van der Waals surface area contributed by atoms with E-state index in [4.69, 9.17) is 0 Å². The summed E-state index contributed by atoms with van der Waals surface area (Å²) in [5.74, 6) is 0.944. The molecular weight excluding hydrogens is 246 g/mol. The smallest absolute Gasteiger partial charge is 0.0198 e. The van der Waals surface area contributed by atoms with Crippen LogP contribution in [0.15, 0.2) is 0 Å². The Morgan fingerprint density at radius 2 is 1.60 bits per heavy atom. The third-order valence-corrected chi connectivity index (χ3v) is 4.78. The highest BCUT2D eigenvalue weighted by Crippen LogP contribution is 2.20. The fourth-order valence-corrected chi connectivity index (χ4v) is 3.59. The van der Waals surface area contributed by atoms with E-state index in [1.54, 1.807) is 0 Å². The van der Waals surface area contributed by atoms with Crippen LogP contribution in [0.3, 0.4) is 0 Å². The molecule has 0 N–H and O–H groups in total. The van der Waals surface area contributed by atoms with E-state index in [1.807, 2.05) is 13.8 Å². The number of likely N-dealkylation sites (tertiary alicyclic amines) is 1. The predicted octanol–water partition coefficient (Wildman–Crippen LogP) is 2.77. The molecule has 0 unspecified atom stereocenters. The van der Waals surface area contributed by atoms with E-state index in [-0.39, 0.29) is 0 Å². The van der Waals surface area contributed by atoms with Crippen molar-refractivity contribution in [2.45, 2.75) is 59.5 Å². The van der Waals surface area contributed by atoms with Crippen molar-refractivity contribution in [3.63, 3.8) is 0 Å². The number of piperidine rings is 1. The van der Waals surface area contributed by atoms with Gasteiger partial charge < -0.3 is 9.80 Å². The number of piperazine rings is 1. The Morgan fingerprint density at radius 1 is 1.00 bits per heavy atom. The molecular formula is C17H37N3. The van der Waals surface area contributed by atoms with Gasteiger partial charge in [-0.1, -0.05) is 13.8 Å². The first-order valence-corrected chi connectivity index (χ1v) is 8.73. The molecule has 0 spiro atoms. The Morgan fingerprint density at radius 3 is 2.10 bits per heavy atom. The van der Waals surface area contributed by atoms with Gasteiger partial charge in [-0.25, -0.2) is 0 Å². The van der Waals surface area contributed by atoms with Crippen molar-refractivity contribution in [2.24, 2.45) is 5.92 Å². The van der Waals surface area contributed by atoms with E-state index in [1.165, 1.54) is 52.1 Å². The molecule has 2 heterocycles. The van der Waals surface area contributed by atoms with Crippen LogP contribution in [0.5, 0.6) is 0 Å². The van der Waals surface area contributed by atoms with E-state index in [2.05, 4.69) is 42.5 Å². The first-order chi connectivity index (χ1) is 9.56. The highest BCUT2D eigenvalue weighted by Gasteiger charge is 2.27. The Labute approximate surface area is 127 Å². The Balaban J connectivity index is 0.000000956. The third kappa shape index (κ3) is 5.34. The third-order valence-electron chi connectivity index (χ3n) is 4.78. The van der Waals surface area contributed by atoms with E-state index >= 15 is 0 Å². The maximum Gasteiger partial charge on any atom is 0.0198 e. The van der Waals surface area contributed by atoms with Gasteiger partial charge in [0, 0.05) is 38.3 Å². The minimum absolute atomic E-state index is 0.700. The minimum Gasteiger partial charge on any atom is -0.306 e. The summed E-state index contributed by atoms with van der Waals surface area (Å²) in [5.41, 5.74) is 0. The van der Waals surface area contributed by atoms with Crippen LogP contribution in [0.25, 0.3) is 0 Å². The van der Waals surface area contributed by atoms with Crippen molar-refractivity contribution in [3.05, 3.63) is 0 Å². The summed E-state index contributed by atoms with van der Waals surface area (Å²) in [5, 5.41) is 0. The standard InChI is InChI=1S/C15H31N3.C2H6/c1-13(2)18-10-9-17(11-14(18)3)12-15-5-7-16(4)8-6-15;1-2/h13-15H,5-12H2,1-4H3;1-2H3/t14-;/m1./s1. The lowest BCUT2D eigenvalue weighted by Crippen LogP contribution is -2.55. The maximum atomic E-state index is 2.71. The maximum absolute atomic E-state index is 2.71. The van der Waals surface area contributed by atoms with Gasteiger partial charge in [-0.3, -0.25) is 4.90 Å². The molecule has 0 bridgehead atoms. The normalized spacial score (nSPS) is 27.4. The van der Waals surface area contributed by atoms with Crippen LogP contribution >= 0.6 is 0 Å². The second-order valence-electron chi connectivity index (χ2n) is 6.69. The molecule has 2 saturated heterocycles. The van der Waals surface area contributed by atoms with Gasteiger partial charge in [-0.05, 0) is 59.7 Å². The Kier molecular flexibility index (Phi) is 8.08. The van der Waals surface area contributed by atoms with Gasteiger partial charge in [0.15, 0.2) is 0 Å². The SMILES string of the molecule is CC.CC(C)N1CCN(CC2CCN(C)CC2)C[C@H]1C. The largest absolute Gasteiger partial charge is 0.306 e. The predicted molar refractivity (Wildman–Crippen MR) is 89.3 cm³/mol. The average molecular weight is 284 g/mol. The molecule has 1 atom stereocenters. The molecule has 3 heteroatoms. The Bertz CT molecular complexity index is 247. The molecule has 0 radical (unpaired) electrons. The summed E-state index contributed by atoms with van der Waals surface area (Å²) < 4.78 is 0. The second-order valence-corrected chi connectivity index (χ2v) is 6.69. The van der Waals surface area contributed by atoms with Crippen LogP contribution < -0.4 is 0 Å². The molecule has 2 rings (SSSR count). The average Bonchev–Trinajstić information content (AvgIpc) is 2.43. The zero-order chi connectivity index (χ0) is 15.1. The zero-order valence-electron chi connectivity index (χ0n) is 14.7. The van der Waals surface area contributed by atoms with Gasteiger partial charge in [-0.15, -0.1) is 0 Å². The van der Waals surface area contributed by atoms with E-state index in [9.17, 15) is 0 Å². The Hall–Kier alpha value is -0.120. The lowest BCUT2D eigenvalue weighted by Gasteiger charge is -2.43. The van der Waals surface area contributed by atoms with Gasteiger partial charge in [-0.2, -0.15) is 0 Å². The van der Waals surface area contributed by atoms with Crippen LogP contribution in [0.1, 0.15) is 47.5 Å². The lowest BCUT2D eigenvalue weighted by molar-refractivity contribution is 0.0452. The van der Waals surface area contributed by atoms with Crippen molar-refractivity contribution >= 4 is 0 Å². The van der Waals surface area contributed by atoms with Crippen LogP contribution in [0, 0.1) is 5.92 Å². The number of hydrogen-bond donors (Lipinski definition) is 0. The molecule has 3 nitrogen and oxygen atoms in total. The van der Waals surface area contributed by atoms with Crippen LogP contribution in [0.4, 0.5) is 0 Å².